The Morgan fingerprint density at radius 3 is 2.81 bits per heavy atom. The zero-order valence-corrected chi connectivity index (χ0v) is 16.9. The van der Waals surface area contributed by atoms with E-state index in [1.165, 1.54) is 0 Å². The Hall–Kier alpha value is -2.04. The van der Waals surface area contributed by atoms with Crippen LogP contribution in [-0.2, 0) is 16.1 Å². The molecule has 5 nitrogen and oxygen atoms in total. The third-order valence-electron chi connectivity index (χ3n) is 5.97. The molecule has 2 saturated heterocycles. The van der Waals surface area contributed by atoms with Gasteiger partial charge in [-0.15, -0.1) is 0 Å². The van der Waals surface area contributed by atoms with Crippen molar-refractivity contribution in [1.29, 1.82) is 0 Å². The van der Waals surface area contributed by atoms with Crippen molar-refractivity contribution in [3.05, 3.63) is 29.8 Å². The molecule has 0 saturated carbocycles. The van der Waals surface area contributed by atoms with Crippen LogP contribution in [0.15, 0.2) is 24.3 Å². The van der Waals surface area contributed by atoms with E-state index >= 15 is 0 Å². The van der Waals surface area contributed by atoms with Crippen LogP contribution in [0.2, 0.25) is 0 Å². The number of amides is 2. The van der Waals surface area contributed by atoms with Crippen LogP contribution in [0.5, 0.6) is 5.75 Å². The van der Waals surface area contributed by atoms with Crippen molar-refractivity contribution in [3.63, 3.8) is 0 Å². The van der Waals surface area contributed by atoms with E-state index < -0.39 is 0 Å². The minimum Gasteiger partial charge on any atom is -0.497 e. The molecule has 0 radical (unpaired) electrons. The summed E-state index contributed by atoms with van der Waals surface area (Å²) in [6.45, 7) is 6.99. The second kappa shape index (κ2) is 8.32. The molecule has 0 N–H and O–H groups in total. The van der Waals surface area contributed by atoms with E-state index in [4.69, 9.17) is 4.74 Å². The van der Waals surface area contributed by atoms with Gasteiger partial charge in [-0.1, -0.05) is 26.0 Å². The summed E-state index contributed by atoms with van der Waals surface area (Å²) in [6.07, 6.45) is 4.21. The third-order valence-corrected chi connectivity index (χ3v) is 5.97. The smallest absolute Gasteiger partial charge is 0.230 e. The minimum absolute atomic E-state index is 0.207. The first kappa shape index (κ1) is 19.7. The summed E-state index contributed by atoms with van der Waals surface area (Å²) in [5.74, 6) is 1.77. The maximum absolute atomic E-state index is 13.3. The lowest BCUT2D eigenvalue weighted by Gasteiger charge is -2.39. The molecule has 1 spiro atoms. The SMILES string of the molecule is COc1cccc(CN2CCC[C@]3(CCN(C(=O)CCC(C)C)C3)C2=O)c1. The van der Waals surface area contributed by atoms with Crippen molar-refractivity contribution in [2.45, 2.75) is 52.5 Å². The molecule has 0 unspecified atom stereocenters. The quantitative estimate of drug-likeness (QED) is 0.768. The van der Waals surface area contributed by atoms with Crippen molar-refractivity contribution in [2.75, 3.05) is 26.7 Å². The Morgan fingerprint density at radius 2 is 2.07 bits per heavy atom. The molecule has 0 bridgehead atoms. The molecule has 0 aliphatic carbocycles. The van der Waals surface area contributed by atoms with Gasteiger partial charge in [0.1, 0.15) is 5.75 Å². The van der Waals surface area contributed by atoms with E-state index in [0.717, 1.165) is 50.1 Å². The predicted molar refractivity (Wildman–Crippen MR) is 105 cm³/mol. The van der Waals surface area contributed by atoms with Gasteiger partial charge in [-0.05, 0) is 49.3 Å². The fraction of sp³-hybridized carbons (Fsp3) is 0.636. The topological polar surface area (TPSA) is 49.9 Å². The van der Waals surface area contributed by atoms with Crippen LogP contribution in [0.4, 0.5) is 0 Å². The average molecular weight is 373 g/mol. The molecule has 2 fully saturated rings. The lowest BCUT2D eigenvalue weighted by Crippen LogP contribution is -2.50. The number of likely N-dealkylation sites (tertiary alicyclic amines) is 2. The van der Waals surface area contributed by atoms with Crippen molar-refractivity contribution in [3.8, 4) is 5.75 Å². The van der Waals surface area contributed by atoms with E-state index in [-0.39, 0.29) is 17.2 Å². The first-order chi connectivity index (χ1) is 12.9. The van der Waals surface area contributed by atoms with Gasteiger partial charge in [-0.3, -0.25) is 9.59 Å². The van der Waals surface area contributed by atoms with E-state index in [0.29, 0.717) is 25.4 Å². The molecule has 1 aromatic rings. The summed E-state index contributed by atoms with van der Waals surface area (Å²) >= 11 is 0. The predicted octanol–water partition coefficient (Wildman–Crippen LogP) is 3.47. The second-order valence-electron chi connectivity index (χ2n) is 8.46. The molecular weight excluding hydrogens is 340 g/mol. The summed E-state index contributed by atoms with van der Waals surface area (Å²) in [7, 11) is 1.66. The Morgan fingerprint density at radius 1 is 1.26 bits per heavy atom. The molecule has 2 aliphatic heterocycles. The van der Waals surface area contributed by atoms with E-state index in [1.54, 1.807) is 7.11 Å². The van der Waals surface area contributed by atoms with Crippen molar-refractivity contribution in [1.82, 2.24) is 9.80 Å². The fourth-order valence-corrected chi connectivity index (χ4v) is 4.33. The molecule has 0 aromatic heterocycles. The standard InChI is InChI=1S/C22H32N2O3/c1-17(2)8-9-20(25)24-13-11-22(16-24)10-5-12-23(21(22)26)15-18-6-4-7-19(14-18)27-3/h4,6-7,14,17H,5,8-13,15-16H2,1-3H3/t22-/m1/s1. The first-order valence-electron chi connectivity index (χ1n) is 10.1. The summed E-state index contributed by atoms with van der Waals surface area (Å²) in [4.78, 5) is 29.7. The molecule has 5 heteroatoms. The summed E-state index contributed by atoms with van der Waals surface area (Å²) in [5.41, 5.74) is 0.715. The monoisotopic (exact) mass is 372 g/mol. The van der Waals surface area contributed by atoms with Gasteiger partial charge in [0, 0.05) is 32.6 Å². The number of piperidine rings is 1. The van der Waals surface area contributed by atoms with Gasteiger partial charge in [-0.25, -0.2) is 0 Å². The largest absolute Gasteiger partial charge is 0.497 e. The molecule has 1 atom stereocenters. The molecule has 27 heavy (non-hydrogen) atoms. The molecule has 3 rings (SSSR count). The lowest BCUT2D eigenvalue weighted by molar-refractivity contribution is -0.146. The minimum atomic E-state index is -0.370. The summed E-state index contributed by atoms with van der Waals surface area (Å²) < 4.78 is 5.30. The van der Waals surface area contributed by atoms with E-state index in [9.17, 15) is 9.59 Å². The van der Waals surface area contributed by atoms with Gasteiger partial charge in [0.05, 0.1) is 12.5 Å². The molecular formula is C22H32N2O3. The molecule has 2 heterocycles. The number of ether oxygens (including phenoxy) is 1. The number of nitrogens with zero attached hydrogens (tertiary/aromatic N) is 2. The highest BCUT2D eigenvalue weighted by Gasteiger charge is 2.49. The second-order valence-corrected chi connectivity index (χ2v) is 8.46. The number of benzene rings is 1. The number of carbonyl (C=O) groups excluding carboxylic acids is 2. The highest BCUT2D eigenvalue weighted by atomic mass is 16.5. The van der Waals surface area contributed by atoms with Crippen molar-refractivity contribution >= 4 is 11.8 Å². The highest BCUT2D eigenvalue weighted by molar-refractivity contribution is 5.86. The van der Waals surface area contributed by atoms with Gasteiger partial charge >= 0.3 is 0 Å². The number of rotatable bonds is 6. The number of carbonyl (C=O) groups is 2. The summed E-state index contributed by atoms with van der Waals surface area (Å²) in [6, 6.07) is 7.90. The van der Waals surface area contributed by atoms with Crippen LogP contribution in [0.3, 0.4) is 0 Å². The van der Waals surface area contributed by atoms with Crippen molar-refractivity contribution < 1.29 is 14.3 Å². The maximum atomic E-state index is 13.3. The Balaban J connectivity index is 1.65. The lowest BCUT2D eigenvalue weighted by atomic mass is 9.78. The Labute approximate surface area is 162 Å². The van der Waals surface area contributed by atoms with Gasteiger partial charge < -0.3 is 14.5 Å². The zero-order valence-electron chi connectivity index (χ0n) is 16.9. The maximum Gasteiger partial charge on any atom is 0.230 e. The number of hydrogen-bond donors (Lipinski definition) is 0. The van der Waals surface area contributed by atoms with Gasteiger partial charge in [0.25, 0.3) is 0 Å². The van der Waals surface area contributed by atoms with Crippen LogP contribution >= 0.6 is 0 Å². The Bertz CT molecular complexity index is 688. The van der Waals surface area contributed by atoms with Gasteiger partial charge in [-0.2, -0.15) is 0 Å². The number of methoxy groups -OCH3 is 1. The van der Waals surface area contributed by atoms with Crippen LogP contribution in [0.25, 0.3) is 0 Å². The third kappa shape index (κ3) is 4.45. The zero-order chi connectivity index (χ0) is 19.4. The number of hydrogen-bond acceptors (Lipinski definition) is 3. The van der Waals surface area contributed by atoms with E-state index in [2.05, 4.69) is 13.8 Å². The van der Waals surface area contributed by atoms with E-state index in [1.807, 2.05) is 34.1 Å². The van der Waals surface area contributed by atoms with Crippen molar-refractivity contribution in [2.24, 2.45) is 11.3 Å². The van der Waals surface area contributed by atoms with Crippen LogP contribution in [0, 0.1) is 11.3 Å². The fourth-order valence-electron chi connectivity index (χ4n) is 4.33. The normalized spacial score (nSPS) is 22.7. The summed E-state index contributed by atoms with van der Waals surface area (Å²) in [5, 5.41) is 0. The van der Waals surface area contributed by atoms with Crippen LogP contribution < -0.4 is 4.74 Å². The van der Waals surface area contributed by atoms with Crippen LogP contribution in [-0.4, -0.2) is 48.4 Å². The molecule has 2 aliphatic rings. The molecule has 1 aromatic carbocycles. The molecule has 148 valence electrons. The average Bonchev–Trinajstić information content (AvgIpc) is 3.09. The highest BCUT2D eigenvalue weighted by Crippen LogP contribution is 2.40. The van der Waals surface area contributed by atoms with Gasteiger partial charge in [0.15, 0.2) is 0 Å². The van der Waals surface area contributed by atoms with Gasteiger partial charge in [0.2, 0.25) is 11.8 Å². The first-order valence-corrected chi connectivity index (χ1v) is 10.1. The van der Waals surface area contributed by atoms with Crippen LogP contribution in [0.1, 0.15) is 51.5 Å². The molecule has 2 amide bonds. The Kier molecular flexibility index (Phi) is 6.08.